The average Bonchev–Trinajstić information content (AvgIpc) is 3.38. The van der Waals surface area contributed by atoms with Crippen molar-refractivity contribution in [1.29, 1.82) is 0 Å². The summed E-state index contributed by atoms with van der Waals surface area (Å²) in [5.41, 5.74) is 2.30. The monoisotopic (exact) mass is 349 g/mol. The third kappa shape index (κ3) is 2.89. The van der Waals surface area contributed by atoms with Crippen molar-refractivity contribution in [1.82, 2.24) is 19.7 Å². The molecule has 0 N–H and O–H groups in total. The largest absolute Gasteiger partial charge is 0.372 e. The van der Waals surface area contributed by atoms with Crippen LogP contribution in [0.2, 0.25) is 0 Å². The van der Waals surface area contributed by atoms with Gasteiger partial charge in [-0.15, -0.1) is 0 Å². The van der Waals surface area contributed by atoms with Crippen LogP contribution in [0, 0.1) is 0 Å². The van der Waals surface area contributed by atoms with Crippen LogP contribution >= 0.6 is 0 Å². The molecule has 2 aliphatic rings. The minimum atomic E-state index is 0.263. The first kappa shape index (κ1) is 15.6. The van der Waals surface area contributed by atoms with Crippen LogP contribution in [0.15, 0.2) is 41.2 Å². The molecule has 26 heavy (non-hydrogen) atoms. The molecule has 3 aromatic rings. The van der Waals surface area contributed by atoms with Crippen LogP contribution in [0.5, 0.6) is 0 Å². The fraction of sp³-hybridized carbons (Fsp3) is 0.450. The van der Waals surface area contributed by atoms with Gasteiger partial charge in [-0.3, -0.25) is 0 Å². The standard InChI is InChI=1S/C20H23N5O/c1-2-10-24(11-3-1)17-6-4-15(5-7-17)19-22-20(26-23-19)16-8-12-25-13-9-21-18(25)14-16/h4-7,9,13,16H,1-3,8,10-12,14H2/t16-/m0/s1. The summed E-state index contributed by atoms with van der Waals surface area (Å²) in [5.74, 6) is 2.78. The van der Waals surface area contributed by atoms with Gasteiger partial charge in [0.15, 0.2) is 0 Å². The fourth-order valence-corrected chi connectivity index (χ4v) is 4.05. The summed E-state index contributed by atoms with van der Waals surface area (Å²) in [6.07, 6.45) is 9.70. The van der Waals surface area contributed by atoms with Crippen molar-refractivity contribution in [2.24, 2.45) is 0 Å². The lowest BCUT2D eigenvalue weighted by molar-refractivity contribution is 0.323. The van der Waals surface area contributed by atoms with E-state index in [2.05, 4.69) is 48.9 Å². The first-order chi connectivity index (χ1) is 12.9. The number of aryl methyl sites for hydroxylation is 1. The molecule has 0 aliphatic carbocycles. The summed E-state index contributed by atoms with van der Waals surface area (Å²) in [6, 6.07) is 8.56. The second-order valence-electron chi connectivity index (χ2n) is 7.28. The van der Waals surface area contributed by atoms with Crippen molar-refractivity contribution in [3.8, 4) is 11.4 Å². The van der Waals surface area contributed by atoms with Gasteiger partial charge < -0.3 is 14.0 Å². The number of anilines is 1. The Kier molecular flexibility index (Phi) is 3.96. The van der Waals surface area contributed by atoms with E-state index in [-0.39, 0.29) is 5.92 Å². The molecule has 1 aromatic carbocycles. The van der Waals surface area contributed by atoms with Crippen molar-refractivity contribution >= 4 is 5.69 Å². The Bertz CT molecular complexity index is 876. The number of hydrogen-bond donors (Lipinski definition) is 0. The minimum absolute atomic E-state index is 0.263. The van der Waals surface area contributed by atoms with Gasteiger partial charge in [-0.25, -0.2) is 4.98 Å². The number of nitrogens with zero attached hydrogens (tertiary/aromatic N) is 5. The molecule has 0 unspecified atom stereocenters. The molecule has 0 radical (unpaired) electrons. The molecule has 2 aromatic heterocycles. The van der Waals surface area contributed by atoms with E-state index in [1.807, 2.05) is 12.4 Å². The molecule has 5 rings (SSSR count). The van der Waals surface area contributed by atoms with Gasteiger partial charge in [-0.05, 0) is 49.9 Å². The highest BCUT2D eigenvalue weighted by Crippen LogP contribution is 2.30. The van der Waals surface area contributed by atoms with Crippen LogP contribution in [0.1, 0.15) is 43.3 Å². The Morgan fingerprint density at radius 1 is 1.00 bits per heavy atom. The third-order valence-electron chi connectivity index (χ3n) is 5.59. The lowest BCUT2D eigenvalue weighted by atomic mass is 9.98. The molecule has 0 spiro atoms. The van der Waals surface area contributed by atoms with Gasteiger partial charge in [0.05, 0.1) is 0 Å². The molecule has 134 valence electrons. The summed E-state index contributed by atoms with van der Waals surface area (Å²) in [7, 11) is 0. The molecule has 4 heterocycles. The number of rotatable bonds is 3. The highest BCUT2D eigenvalue weighted by atomic mass is 16.5. The smallest absolute Gasteiger partial charge is 0.230 e. The van der Waals surface area contributed by atoms with Crippen molar-refractivity contribution in [2.75, 3.05) is 18.0 Å². The van der Waals surface area contributed by atoms with Crippen LogP contribution in [0.4, 0.5) is 5.69 Å². The lowest BCUT2D eigenvalue weighted by Crippen LogP contribution is -2.29. The Morgan fingerprint density at radius 3 is 2.69 bits per heavy atom. The first-order valence-corrected chi connectivity index (χ1v) is 9.56. The molecule has 0 saturated carbocycles. The summed E-state index contributed by atoms with van der Waals surface area (Å²) >= 11 is 0. The molecule has 1 fully saturated rings. The van der Waals surface area contributed by atoms with Gasteiger partial charge in [0, 0.05) is 55.6 Å². The summed E-state index contributed by atoms with van der Waals surface area (Å²) in [6.45, 7) is 3.27. The van der Waals surface area contributed by atoms with Gasteiger partial charge >= 0.3 is 0 Å². The first-order valence-electron chi connectivity index (χ1n) is 9.56. The van der Waals surface area contributed by atoms with Gasteiger partial charge in [0.1, 0.15) is 5.82 Å². The van der Waals surface area contributed by atoms with E-state index in [0.29, 0.717) is 5.82 Å². The second kappa shape index (κ2) is 6.59. The Morgan fingerprint density at radius 2 is 1.85 bits per heavy atom. The fourth-order valence-electron chi connectivity index (χ4n) is 4.05. The minimum Gasteiger partial charge on any atom is -0.372 e. The maximum atomic E-state index is 5.59. The van der Waals surface area contributed by atoms with E-state index in [0.717, 1.165) is 49.8 Å². The van der Waals surface area contributed by atoms with Crippen LogP contribution in [0.25, 0.3) is 11.4 Å². The Labute approximate surface area is 152 Å². The zero-order chi connectivity index (χ0) is 17.3. The number of hydrogen-bond acceptors (Lipinski definition) is 5. The molecule has 0 bridgehead atoms. The zero-order valence-corrected chi connectivity index (χ0v) is 14.8. The lowest BCUT2D eigenvalue weighted by Gasteiger charge is -2.28. The van der Waals surface area contributed by atoms with Crippen molar-refractivity contribution < 1.29 is 4.52 Å². The summed E-state index contributed by atoms with van der Waals surface area (Å²) < 4.78 is 7.79. The van der Waals surface area contributed by atoms with Crippen molar-refractivity contribution in [3.63, 3.8) is 0 Å². The molecule has 2 aliphatic heterocycles. The van der Waals surface area contributed by atoms with Gasteiger partial charge in [0.2, 0.25) is 11.7 Å². The number of aromatic nitrogens is 4. The molecule has 1 saturated heterocycles. The van der Waals surface area contributed by atoms with E-state index in [1.165, 1.54) is 24.9 Å². The number of benzene rings is 1. The predicted molar refractivity (Wildman–Crippen MR) is 99.1 cm³/mol. The maximum Gasteiger partial charge on any atom is 0.230 e. The maximum absolute atomic E-state index is 5.59. The molecule has 1 atom stereocenters. The van der Waals surface area contributed by atoms with E-state index < -0.39 is 0 Å². The van der Waals surface area contributed by atoms with Crippen molar-refractivity contribution in [3.05, 3.63) is 48.4 Å². The number of piperidine rings is 1. The normalized spacial score (nSPS) is 20.2. The molecular weight excluding hydrogens is 326 g/mol. The molecule has 6 nitrogen and oxygen atoms in total. The quantitative estimate of drug-likeness (QED) is 0.722. The van der Waals surface area contributed by atoms with Crippen LogP contribution in [-0.2, 0) is 13.0 Å². The van der Waals surface area contributed by atoms with Crippen LogP contribution < -0.4 is 4.90 Å². The second-order valence-corrected chi connectivity index (χ2v) is 7.28. The topological polar surface area (TPSA) is 60.0 Å². The van der Waals surface area contributed by atoms with Gasteiger partial charge in [-0.2, -0.15) is 4.98 Å². The van der Waals surface area contributed by atoms with E-state index >= 15 is 0 Å². The van der Waals surface area contributed by atoms with E-state index in [1.54, 1.807) is 0 Å². The summed E-state index contributed by atoms with van der Waals surface area (Å²) in [5, 5.41) is 4.22. The van der Waals surface area contributed by atoms with Gasteiger partial charge in [0.25, 0.3) is 0 Å². The number of imidazole rings is 1. The van der Waals surface area contributed by atoms with Gasteiger partial charge in [-0.1, -0.05) is 5.16 Å². The van der Waals surface area contributed by atoms with E-state index in [4.69, 9.17) is 4.52 Å². The molecular formula is C20H23N5O. The average molecular weight is 349 g/mol. The summed E-state index contributed by atoms with van der Waals surface area (Å²) in [4.78, 5) is 11.6. The highest BCUT2D eigenvalue weighted by molar-refractivity contribution is 5.60. The van der Waals surface area contributed by atoms with Crippen LogP contribution in [0.3, 0.4) is 0 Å². The molecule has 0 amide bonds. The van der Waals surface area contributed by atoms with E-state index in [9.17, 15) is 0 Å². The molecule has 6 heteroatoms. The zero-order valence-electron chi connectivity index (χ0n) is 14.8. The number of fused-ring (bicyclic) bond motifs is 1. The van der Waals surface area contributed by atoms with Crippen molar-refractivity contribution in [2.45, 2.75) is 44.6 Å². The highest BCUT2D eigenvalue weighted by Gasteiger charge is 2.25. The SMILES string of the molecule is c1cn2c(n1)C[C@@H](c1nc(-c3ccc(N4CCCCC4)cc3)no1)CC2. The Balaban J connectivity index is 1.32. The Hall–Kier alpha value is -2.63. The third-order valence-corrected chi connectivity index (χ3v) is 5.59. The predicted octanol–water partition coefficient (Wildman–Crippen LogP) is 3.65. The van der Waals surface area contributed by atoms with Crippen LogP contribution in [-0.4, -0.2) is 32.8 Å².